The van der Waals surface area contributed by atoms with Crippen molar-refractivity contribution in [2.24, 2.45) is 5.73 Å². The van der Waals surface area contributed by atoms with Gasteiger partial charge in [0.25, 0.3) is 0 Å². The minimum Gasteiger partial charge on any atom is -0.462 e. The van der Waals surface area contributed by atoms with E-state index >= 15 is 0 Å². The zero-order chi connectivity index (χ0) is 30.4. The molecule has 244 valence electrons. The summed E-state index contributed by atoms with van der Waals surface area (Å²) in [4.78, 5) is 33.9. The molecule has 0 amide bonds. The average molecular weight is 608 g/mol. The molecular formula is C31H62NO8P. The molecule has 0 aromatic carbocycles. The van der Waals surface area contributed by atoms with Gasteiger partial charge in [0.2, 0.25) is 0 Å². The van der Waals surface area contributed by atoms with E-state index in [0.717, 1.165) is 19.3 Å². The Balaban J connectivity index is 3.93. The van der Waals surface area contributed by atoms with Crippen molar-refractivity contribution in [1.29, 1.82) is 0 Å². The summed E-state index contributed by atoms with van der Waals surface area (Å²) in [6.07, 6.45) is 24.0. The third-order valence-electron chi connectivity index (χ3n) is 6.99. The van der Waals surface area contributed by atoms with Crippen LogP contribution in [0.2, 0.25) is 0 Å². The lowest BCUT2D eigenvalue weighted by Gasteiger charge is -2.19. The van der Waals surface area contributed by atoms with E-state index in [2.05, 4.69) is 6.92 Å². The third kappa shape index (κ3) is 28.9. The molecule has 0 fully saturated rings. The molecule has 0 aliphatic carbocycles. The maximum absolute atomic E-state index is 12.3. The number of hydrogen-bond acceptors (Lipinski definition) is 8. The van der Waals surface area contributed by atoms with Gasteiger partial charge in [-0.25, -0.2) is 4.57 Å². The molecule has 3 N–H and O–H groups in total. The molecule has 0 aliphatic rings. The van der Waals surface area contributed by atoms with E-state index < -0.39 is 32.5 Å². The zero-order valence-electron chi connectivity index (χ0n) is 26.3. The molecule has 0 radical (unpaired) electrons. The van der Waals surface area contributed by atoms with Gasteiger partial charge in [0.05, 0.1) is 13.2 Å². The number of nitrogens with two attached hydrogens (primary N) is 1. The van der Waals surface area contributed by atoms with Crippen molar-refractivity contribution in [3.63, 3.8) is 0 Å². The van der Waals surface area contributed by atoms with Gasteiger partial charge in [0.15, 0.2) is 6.10 Å². The van der Waals surface area contributed by atoms with Crippen LogP contribution in [0.3, 0.4) is 0 Å². The highest BCUT2D eigenvalue weighted by Crippen LogP contribution is 2.43. The largest absolute Gasteiger partial charge is 0.472 e. The number of ether oxygens (including phenoxy) is 2. The normalized spacial score (nSPS) is 13.6. The number of hydrogen-bond donors (Lipinski definition) is 2. The van der Waals surface area contributed by atoms with Gasteiger partial charge in [-0.1, -0.05) is 129 Å². The second-order valence-corrected chi connectivity index (χ2v) is 12.5. The van der Waals surface area contributed by atoms with Gasteiger partial charge < -0.3 is 20.1 Å². The Hall–Kier alpha value is -0.990. The minimum absolute atomic E-state index is 0.0563. The van der Waals surface area contributed by atoms with Crippen molar-refractivity contribution < 1.29 is 37.6 Å². The van der Waals surface area contributed by atoms with Gasteiger partial charge in [0, 0.05) is 19.4 Å². The number of phosphoric acid groups is 1. The molecule has 0 saturated heterocycles. The van der Waals surface area contributed by atoms with Crippen molar-refractivity contribution in [2.45, 2.75) is 161 Å². The van der Waals surface area contributed by atoms with Gasteiger partial charge in [-0.05, 0) is 12.8 Å². The second-order valence-electron chi connectivity index (χ2n) is 11.0. The van der Waals surface area contributed by atoms with Crippen LogP contribution in [0.1, 0.15) is 155 Å². The molecule has 41 heavy (non-hydrogen) atoms. The minimum atomic E-state index is -4.34. The van der Waals surface area contributed by atoms with Crippen molar-refractivity contribution in [3.05, 3.63) is 0 Å². The fraction of sp³-hybridized carbons (Fsp3) is 0.935. The van der Waals surface area contributed by atoms with Crippen LogP contribution in [0.4, 0.5) is 0 Å². The van der Waals surface area contributed by atoms with Crippen LogP contribution in [-0.4, -0.2) is 49.3 Å². The maximum Gasteiger partial charge on any atom is 0.472 e. The Morgan fingerprint density at radius 3 is 1.54 bits per heavy atom. The van der Waals surface area contributed by atoms with Gasteiger partial charge in [-0.3, -0.25) is 18.6 Å². The summed E-state index contributed by atoms with van der Waals surface area (Å²) in [6.45, 7) is 3.46. The van der Waals surface area contributed by atoms with Crippen molar-refractivity contribution >= 4 is 19.8 Å². The number of esters is 2. The Morgan fingerprint density at radius 1 is 0.634 bits per heavy atom. The smallest absolute Gasteiger partial charge is 0.462 e. The standard InChI is InChI=1S/C31H62NO8P/c1-3-5-7-8-9-10-11-12-13-14-15-16-17-18-19-20-21-22-24-31(34)40-29(27-37-30(33)23-6-4-2)28-39-41(35,36)38-26-25-32/h29H,3-28,32H2,1-2H3,(H,35,36). The highest BCUT2D eigenvalue weighted by atomic mass is 31.2. The maximum atomic E-state index is 12.3. The van der Waals surface area contributed by atoms with Crippen molar-refractivity contribution in [1.82, 2.24) is 0 Å². The molecule has 0 aromatic heterocycles. The summed E-state index contributed by atoms with van der Waals surface area (Å²) in [6, 6.07) is 0. The summed E-state index contributed by atoms with van der Waals surface area (Å²) in [5, 5.41) is 0. The van der Waals surface area contributed by atoms with Gasteiger partial charge in [0.1, 0.15) is 6.61 Å². The molecule has 2 unspecified atom stereocenters. The Kier molecular flexibility index (Phi) is 28.4. The predicted molar refractivity (Wildman–Crippen MR) is 165 cm³/mol. The second kappa shape index (κ2) is 29.1. The molecule has 10 heteroatoms. The summed E-state index contributed by atoms with van der Waals surface area (Å²) >= 11 is 0. The molecule has 0 saturated carbocycles. The lowest BCUT2D eigenvalue weighted by Crippen LogP contribution is -2.29. The van der Waals surface area contributed by atoms with Crippen molar-refractivity contribution in [3.8, 4) is 0 Å². The molecule has 0 bridgehead atoms. The van der Waals surface area contributed by atoms with Gasteiger partial charge in [-0.2, -0.15) is 0 Å². The lowest BCUT2D eigenvalue weighted by atomic mass is 10.0. The Morgan fingerprint density at radius 2 is 1.07 bits per heavy atom. The van der Waals surface area contributed by atoms with Gasteiger partial charge in [-0.15, -0.1) is 0 Å². The fourth-order valence-corrected chi connectivity index (χ4v) is 5.26. The molecule has 0 rings (SSSR count). The van der Waals surface area contributed by atoms with E-state index in [4.69, 9.17) is 24.3 Å². The summed E-state index contributed by atoms with van der Waals surface area (Å²) < 4.78 is 32.1. The highest BCUT2D eigenvalue weighted by Gasteiger charge is 2.25. The Bertz CT molecular complexity index is 664. The first-order valence-corrected chi connectivity index (χ1v) is 18.0. The van der Waals surface area contributed by atoms with Crippen LogP contribution >= 0.6 is 7.82 Å². The van der Waals surface area contributed by atoms with Crippen LogP contribution in [0.5, 0.6) is 0 Å². The summed E-state index contributed by atoms with van der Waals surface area (Å²) in [5.74, 6) is -0.863. The van der Waals surface area contributed by atoms with Gasteiger partial charge >= 0.3 is 19.8 Å². The number of rotatable bonds is 31. The lowest BCUT2D eigenvalue weighted by molar-refractivity contribution is -0.161. The number of carbonyl (C=O) groups is 2. The predicted octanol–water partition coefficient (Wildman–Crippen LogP) is 8.16. The Labute approximate surface area is 250 Å². The van der Waals surface area contributed by atoms with Crippen LogP contribution in [0, 0.1) is 0 Å². The zero-order valence-corrected chi connectivity index (χ0v) is 27.2. The molecule has 9 nitrogen and oxygen atoms in total. The van der Waals surface area contributed by atoms with Crippen LogP contribution in [0.25, 0.3) is 0 Å². The molecule has 0 spiro atoms. The number of phosphoric ester groups is 1. The summed E-state index contributed by atoms with van der Waals surface area (Å²) in [5.41, 5.74) is 5.28. The fourth-order valence-electron chi connectivity index (χ4n) is 4.49. The first-order valence-electron chi connectivity index (χ1n) is 16.5. The molecular weight excluding hydrogens is 545 g/mol. The first kappa shape index (κ1) is 40.0. The average Bonchev–Trinajstić information content (AvgIpc) is 2.95. The van der Waals surface area contributed by atoms with Crippen LogP contribution in [-0.2, 0) is 32.7 Å². The first-order chi connectivity index (χ1) is 19.8. The van der Waals surface area contributed by atoms with E-state index in [0.29, 0.717) is 12.8 Å². The number of carbonyl (C=O) groups excluding carboxylic acids is 2. The molecule has 0 aliphatic heterocycles. The highest BCUT2D eigenvalue weighted by molar-refractivity contribution is 7.47. The van der Waals surface area contributed by atoms with E-state index in [1.54, 1.807) is 0 Å². The van der Waals surface area contributed by atoms with Crippen molar-refractivity contribution in [2.75, 3.05) is 26.4 Å². The number of unbranched alkanes of at least 4 members (excludes halogenated alkanes) is 18. The quantitative estimate of drug-likeness (QED) is 0.0454. The molecule has 0 aromatic rings. The van der Waals surface area contributed by atoms with E-state index in [1.807, 2.05) is 6.92 Å². The third-order valence-corrected chi connectivity index (χ3v) is 7.98. The topological polar surface area (TPSA) is 134 Å². The van der Waals surface area contributed by atoms with Crippen LogP contribution < -0.4 is 5.73 Å². The summed E-state index contributed by atoms with van der Waals surface area (Å²) in [7, 11) is -4.34. The SMILES string of the molecule is CCCCCCCCCCCCCCCCCCCCC(=O)OC(COC(=O)CCCC)COP(=O)(O)OCCN. The van der Waals surface area contributed by atoms with Crippen LogP contribution in [0.15, 0.2) is 0 Å². The van der Waals surface area contributed by atoms with E-state index in [9.17, 15) is 19.0 Å². The molecule has 2 atom stereocenters. The monoisotopic (exact) mass is 607 g/mol. The van der Waals surface area contributed by atoms with E-state index in [-0.39, 0.29) is 32.6 Å². The molecule has 0 heterocycles. The van der Waals surface area contributed by atoms with E-state index in [1.165, 1.54) is 96.3 Å².